The molecule has 7 nitrogen and oxygen atoms in total. The number of nitrogens with one attached hydrogen (secondary N) is 1. The van der Waals surface area contributed by atoms with Gasteiger partial charge in [-0.15, -0.1) is 10.2 Å². The zero-order valence-corrected chi connectivity index (χ0v) is 17.9. The van der Waals surface area contributed by atoms with E-state index in [1.807, 2.05) is 18.2 Å². The second kappa shape index (κ2) is 9.65. The van der Waals surface area contributed by atoms with Crippen molar-refractivity contribution in [3.8, 4) is 17.1 Å². The highest BCUT2D eigenvalue weighted by molar-refractivity contribution is 9.10. The summed E-state index contributed by atoms with van der Waals surface area (Å²) >= 11 is 3.40. The number of hydrogen-bond acceptors (Lipinski definition) is 5. The lowest BCUT2D eigenvalue weighted by molar-refractivity contribution is -0.145. The van der Waals surface area contributed by atoms with Crippen LogP contribution in [0.25, 0.3) is 11.4 Å². The maximum absolute atomic E-state index is 12.0. The first-order valence-corrected chi connectivity index (χ1v) is 10.4. The molecule has 1 aromatic heterocycles. The van der Waals surface area contributed by atoms with E-state index in [1.54, 1.807) is 18.2 Å². The lowest BCUT2D eigenvalue weighted by atomic mass is 9.97. The summed E-state index contributed by atoms with van der Waals surface area (Å²) < 4.78 is 6.98. The van der Waals surface area contributed by atoms with Gasteiger partial charge in [0.15, 0.2) is 0 Å². The van der Waals surface area contributed by atoms with Gasteiger partial charge in [-0.1, -0.05) is 54.8 Å². The third-order valence-corrected chi connectivity index (χ3v) is 4.99. The Morgan fingerprint density at radius 2 is 1.86 bits per heavy atom. The Hall–Kier alpha value is -2.74. The summed E-state index contributed by atoms with van der Waals surface area (Å²) in [5, 5.41) is 24.1. The summed E-state index contributed by atoms with van der Waals surface area (Å²) in [6.07, 6.45) is 2.19. The average Bonchev–Trinajstić information content (AvgIpc) is 3.22. The van der Waals surface area contributed by atoms with E-state index in [2.05, 4.69) is 50.4 Å². The molecular weight excluding hydrogens is 436 g/mol. The summed E-state index contributed by atoms with van der Waals surface area (Å²) in [7, 11) is 0. The first-order valence-electron chi connectivity index (χ1n) is 9.58. The van der Waals surface area contributed by atoms with Gasteiger partial charge in [-0.2, -0.15) is 5.21 Å². The number of halogens is 1. The van der Waals surface area contributed by atoms with Crippen LogP contribution in [0.2, 0.25) is 0 Å². The molecule has 2 aromatic carbocycles. The highest BCUT2D eigenvalue weighted by atomic mass is 79.9. The van der Waals surface area contributed by atoms with Crippen LogP contribution in [0.4, 0.5) is 0 Å². The summed E-state index contributed by atoms with van der Waals surface area (Å²) in [5.74, 6) is 0.108. The molecule has 0 saturated carbocycles. The first-order chi connectivity index (χ1) is 14.0. The van der Waals surface area contributed by atoms with Crippen molar-refractivity contribution >= 4 is 21.9 Å². The van der Waals surface area contributed by atoms with Crippen molar-refractivity contribution < 1.29 is 14.6 Å². The number of aromatic nitrogens is 4. The van der Waals surface area contributed by atoms with E-state index in [4.69, 9.17) is 4.74 Å². The number of carbonyl (C=O) groups is 1. The quantitative estimate of drug-likeness (QED) is 0.480. The fourth-order valence-corrected chi connectivity index (χ4v) is 3.69. The van der Waals surface area contributed by atoms with Crippen LogP contribution < -0.4 is 4.74 Å². The second-order valence-electron chi connectivity index (χ2n) is 6.75. The smallest absolute Gasteiger partial charge is 0.349 e. The molecule has 0 saturated heterocycles. The molecule has 8 heteroatoms. The number of benzene rings is 2. The van der Waals surface area contributed by atoms with Gasteiger partial charge in [0.05, 0.1) is 0 Å². The largest absolute Gasteiger partial charge is 0.478 e. The zero-order chi connectivity index (χ0) is 20.8. The Morgan fingerprint density at radius 3 is 2.38 bits per heavy atom. The van der Waals surface area contributed by atoms with Gasteiger partial charge in [0.2, 0.25) is 11.9 Å². The summed E-state index contributed by atoms with van der Waals surface area (Å²) in [4.78, 5) is 12.0. The molecule has 0 aliphatic heterocycles. The fourth-order valence-electron chi connectivity index (χ4n) is 3.28. The fraction of sp³-hybridized carbons (Fsp3) is 0.333. The van der Waals surface area contributed by atoms with Crippen molar-refractivity contribution in [2.45, 2.75) is 45.6 Å². The summed E-state index contributed by atoms with van der Waals surface area (Å²) in [6, 6.07) is 11.1. The molecule has 0 radical (unpaired) electrons. The molecule has 3 aromatic rings. The molecule has 0 aliphatic carbocycles. The maximum atomic E-state index is 12.0. The van der Waals surface area contributed by atoms with Gasteiger partial charge >= 0.3 is 5.97 Å². The summed E-state index contributed by atoms with van der Waals surface area (Å²) in [6.45, 7) is 4.15. The number of hydrogen-bond donors (Lipinski definition) is 2. The van der Waals surface area contributed by atoms with Gasteiger partial charge in [0.1, 0.15) is 5.75 Å². The average molecular weight is 459 g/mol. The highest BCUT2D eigenvalue weighted by Crippen LogP contribution is 2.35. The Kier molecular flexibility index (Phi) is 6.98. The molecule has 1 unspecified atom stereocenters. The topological polar surface area (TPSA) is 101 Å². The first kappa shape index (κ1) is 21.0. The Morgan fingerprint density at radius 1 is 1.17 bits per heavy atom. The SMILES string of the molecule is CCCc1cc(-c2nn[nH]n2)cc(CCC)c1OC(C(=O)O)c1cccc(Br)c1. The normalized spacial score (nSPS) is 12.0. The molecule has 0 bridgehead atoms. The minimum Gasteiger partial charge on any atom is -0.478 e. The number of carboxylic acid groups (broad SMARTS) is 1. The number of nitrogens with zero attached hydrogens (tertiary/aromatic N) is 3. The molecule has 3 rings (SSSR count). The Balaban J connectivity index is 2.08. The monoisotopic (exact) mass is 458 g/mol. The standard InChI is InChI=1S/C21H23BrN4O3/c1-3-6-13-10-16(20-23-25-26-24-20)11-14(7-4-2)18(13)29-19(21(27)28)15-8-5-9-17(22)12-15/h5,8-12,19H,3-4,6-7H2,1-2H3,(H,27,28)(H,23,24,25,26). The van der Waals surface area contributed by atoms with Gasteiger partial charge in [-0.05, 0) is 53.4 Å². The predicted molar refractivity (Wildman–Crippen MR) is 113 cm³/mol. The van der Waals surface area contributed by atoms with Crippen LogP contribution in [0, 0.1) is 0 Å². The Bertz CT molecular complexity index is 949. The zero-order valence-electron chi connectivity index (χ0n) is 16.4. The number of ether oxygens (including phenoxy) is 1. The minimum atomic E-state index is -1.10. The molecule has 1 atom stereocenters. The van der Waals surface area contributed by atoms with E-state index in [9.17, 15) is 9.90 Å². The molecule has 29 heavy (non-hydrogen) atoms. The van der Waals surface area contributed by atoms with E-state index in [1.165, 1.54) is 0 Å². The molecule has 2 N–H and O–H groups in total. The molecule has 1 heterocycles. The number of aliphatic carboxylic acids is 1. The van der Waals surface area contributed by atoms with Gasteiger partial charge in [-0.3, -0.25) is 0 Å². The van der Waals surface area contributed by atoms with Crippen molar-refractivity contribution in [3.63, 3.8) is 0 Å². The van der Waals surface area contributed by atoms with Gasteiger partial charge in [0, 0.05) is 15.6 Å². The molecule has 0 spiro atoms. The molecule has 152 valence electrons. The number of tetrazole rings is 1. The molecule has 0 amide bonds. The number of carboxylic acids is 1. The van der Waals surface area contributed by atoms with Gasteiger partial charge in [0.25, 0.3) is 0 Å². The Labute approximate surface area is 177 Å². The van der Waals surface area contributed by atoms with Crippen molar-refractivity contribution in [2.24, 2.45) is 0 Å². The van der Waals surface area contributed by atoms with Gasteiger partial charge < -0.3 is 9.84 Å². The molecule has 0 fully saturated rings. The number of rotatable bonds is 9. The van der Waals surface area contributed by atoms with Crippen LogP contribution in [0.3, 0.4) is 0 Å². The van der Waals surface area contributed by atoms with Gasteiger partial charge in [-0.25, -0.2) is 4.79 Å². The van der Waals surface area contributed by atoms with Crippen LogP contribution in [0.15, 0.2) is 40.9 Å². The van der Waals surface area contributed by atoms with Crippen LogP contribution in [0.1, 0.15) is 49.5 Å². The highest BCUT2D eigenvalue weighted by Gasteiger charge is 2.25. The van der Waals surface area contributed by atoms with E-state index in [0.717, 1.165) is 46.8 Å². The molecular formula is C21H23BrN4O3. The van der Waals surface area contributed by atoms with E-state index < -0.39 is 12.1 Å². The second-order valence-corrected chi connectivity index (χ2v) is 7.67. The van der Waals surface area contributed by atoms with Crippen molar-refractivity contribution in [3.05, 3.63) is 57.6 Å². The number of H-pyrrole nitrogens is 1. The lowest BCUT2D eigenvalue weighted by Gasteiger charge is -2.22. The van der Waals surface area contributed by atoms with Crippen LogP contribution >= 0.6 is 15.9 Å². The lowest BCUT2D eigenvalue weighted by Crippen LogP contribution is -2.19. The predicted octanol–water partition coefficient (Wildman–Crippen LogP) is 4.74. The van der Waals surface area contributed by atoms with Crippen molar-refractivity contribution in [1.82, 2.24) is 20.6 Å². The third kappa shape index (κ3) is 5.00. The summed E-state index contributed by atoms with van der Waals surface area (Å²) in [5.41, 5.74) is 3.31. The minimum absolute atomic E-state index is 0.507. The van der Waals surface area contributed by atoms with Crippen LogP contribution in [0.5, 0.6) is 5.75 Å². The van der Waals surface area contributed by atoms with E-state index >= 15 is 0 Å². The van der Waals surface area contributed by atoms with Crippen molar-refractivity contribution in [2.75, 3.05) is 0 Å². The third-order valence-electron chi connectivity index (χ3n) is 4.50. The van der Waals surface area contributed by atoms with Crippen LogP contribution in [-0.2, 0) is 17.6 Å². The molecule has 0 aliphatic rings. The maximum Gasteiger partial charge on any atom is 0.349 e. The van der Waals surface area contributed by atoms with E-state index in [0.29, 0.717) is 17.1 Å². The number of aryl methyl sites for hydroxylation is 2. The van der Waals surface area contributed by atoms with Crippen LogP contribution in [-0.4, -0.2) is 31.7 Å². The van der Waals surface area contributed by atoms with Crippen molar-refractivity contribution in [1.29, 1.82) is 0 Å². The van der Waals surface area contributed by atoms with E-state index in [-0.39, 0.29) is 0 Å². The number of aromatic amines is 1.